The van der Waals surface area contributed by atoms with Crippen LogP contribution in [0.4, 0.5) is 0 Å². The van der Waals surface area contributed by atoms with Gasteiger partial charge in [-0.1, -0.05) is 12.5 Å². The smallest absolute Gasteiger partial charge is 0.305 e. The first-order chi connectivity index (χ1) is 12.5. The first-order valence-electron chi connectivity index (χ1n) is 8.23. The number of amides is 2. The number of nitrogens with one attached hydrogen (secondary N) is 2. The third-order valence-electron chi connectivity index (χ3n) is 4.08. The number of carbonyl (C=O) groups excluding carboxylic acids is 2. The third-order valence-corrected chi connectivity index (χ3v) is 5.98. The lowest BCUT2D eigenvalue weighted by Gasteiger charge is -2.26. The van der Waals surface area contributed by atoms with E-state index in [2.05, 4.69) is 10.9 Å². The second-order valence-electron chi connectivity index (χ2n) is 5.88. The number of hydrazine groups is 1. The predicted octanol–water partition coefficient (Wildman–Crippen LogP) is 1.53. The summed E-state index contributed by atoms with van der Waals surface area (Å²) in [6.45, 7) is 0.968. The molecule has 8 nitrogen and oxygen atoms in total. The van der Waals surface area contributed by atoms with Crippen LogP contribution in [0.3, 0.4) is 0 Å². The number of hydrogen-bond acceptors (Lipinski definition) is 5. The average molecular weight is 377 g/mol. The van der Waals surface area contributed by atoms with Crippen molar-refractivity contribution in [2.45, 2.75) is 24.2 Å². The van der Waals surface area contributed by atoms with Crippen LogP contribution in [0, 0.1) is 0 Å². The van der Waals surface area contributed by atoms with Crippen LogP contribution in [0.25, 0.3) is 0 Å². The number of benzene rings is 1. The third kappa shape index (κ3) is 3.94. The van der Waals surface area contributed by atoms with E-state index in [1.807, 2.05) is 0 Å². The second-order valence-corrected chi connectivity index (χ2v) is 7.82. The normalized spacial score (nSPS) is 15.4. The summed E-state index contributed by atoms with van der Waals surface area (Å²) in [5.41, 5.74) is 4.58. The molecular formula is C17H19N3O5S. The molecule has 0 radical (unpaired) electrons. The topological polar surface area (TPSA) is 109 Å². The predicted molar refractivity (Wildman–Crippen MR) is 92.7 cm³/mol. The van der Waals surface area contributed by atoms with Gasteiger partial charge in [-0.15, -0.1) is 0 Å². The Morgan fingerprint density at radius 1 is 0.962 bits per heavy atom. The maximum absolute atomic E-state index is 12.7. The van der Waals surface area contributed by atoms with Crippen LogP contribution >= 0.6 is 0 Å². The van der Waals surface area contributed by atoms with E-state index in [-0.39, 0.29) is 16.2 Å². The standard InChI is InChI=1S/C17H19N3O5S/c21-16(18-19-17(22)15-8-5-11-25-15)13-6-4-7-14(12-13)26(23,24)20-9-2-1-3-10-20/h4-8,11-12H,1-3,9-10H2,(H,18,21)(H,19,22). The fourth-order valence-corrected chi connectivity index (χ4v) is 4.27. The van der Waals surface area contributed by atoms with E-state index >= 15 is 0 Å². The summed E-state index contributed by atoms with van der Waals surface area (Å²) in [4.78, 5) is 24.0. The number of nitrogens with zero attached hydrogens (tertiary/aromatic N) is 1. The van der Waals surface area contributed by atoms with Gasteiger partial charge in [0.15, 0.2) is 5.76 Å². The van der Waals surface area contributed by atoms with Crippen LogP contribution in [-0.2, 0) is 10.0 Å². The summed E-state index contributed by atoms with van der Waals surface area (Å²) in [6.07, 6.45) is 4.02. The lowest BCUT2D eigenvalue weighted by molar-refractivity contribution is 0.0831. The van der Waals surface area contributed by atoms with E-state index in [0.29, 0.717) is 13.1 Å². The molecular weight excluding hydrogens is 358 g/mol. The van der Waals surface area contributed by atoms with Gasteiger partial charge in [0.25, 0.3) is 5.91 Å². The molecule has 3 rings (SSSR count). The summed E-state index contributed by atoms with van der Waals surface area (Å²) in [5.74, 6) is -1.19. The number of rotatable bonds is 4. The highest BCUT2D eigenvalue weighted by molar-refractivity contribution is 7.89. The molecule has 1 aliphatic heterocycles. The van der Waals surface area contributed by atoms with Gasteiger partial charge in [0, 0.05) is 18.7 Å². The fourth-order valence-electron chi connectivity index (χ4n) is 2.71. The molecule has 0 saturated carbocycles. The van der Waals surface area contributed by atoms with E-state index in [4.69, 9.17) is 4.42 Å². The van der Waals surface area contributed by atoms with Gasteiger partial charge in [-0.3, -0.25) is 20.4 Å². The summed E-state index contributed by atoms with van der Waals surface area (Å²) in [6, 6.07) is 8.74. The Kier molecular flexibility index (Phi) is 5.38. The number of furan rings is 1. The van der Waals surface area contributed by atoms with Crippen LogP contribution in [0.5, 0.6) is 0 Å². The van der Waals surface area contributed by atoms with Crippen molar-refractivity contribution in [3.8, 4) is 0 Å². The Labute approximate surface area is 151 Å². The minimum Gasteiger partial charge on any atom is -0.459 e. The summed E-state index contributed by atoms with van der Waals surface area (Å²) >= 11 is 0. The van der Waals surface area contributed by atoms with Gasteiger partial charge < -0.3 is 4.42 Å². The Balaban J connectivity index is 1.70. The van der Waals surface area contributed by atoms with Gasteiger partial charge in [-0.05, 0) is 43.2 Å². The SMILES string of the molecule is O=C(NNC(=O)c1ccco1)c1cccc(S(=O)(=O)N2CCCCC2)c1. The first-order valence-corrected chi connectivity index (χ1v) is 9.67. The van der Waals surface area contributed by atoms with Crippen molar-refractivity contribution in [2.24, 2.45) is 0 Å². The molecule has 0 aliphatic carbocycles. The van der Waals surface area contributed by atoms with Crippen LogP contribution in [0.1, 0.15) is 40.2 Å². The van der Waals surface area contributed by atoms with Gasteiger partial charge in [0.2, 0.25) is 10.0 Å². The number of sulfonamides is 1. The molecule has 1 fully saturated rings. The summed E-state index contributed by atoms with van der Waals surface area (Å²) in [5, 5.41) is 0. The van der Waals surface area contributed by atoms with Crippen LogP contribution in [-0.4, -0.2) is 37.6 Å². The Bertz CT molecular complexity index is 887. The Morgan fingerprint density at radius 3 is 2.38 bits per heavy atom. The summed E-state index contributed by atoms with van der Waals surface area (Å²) < 4.78 is 31.7. The van der Waals surface area contributed by atoms with Crippen molar-refractivity contribution < 1.29 is 22.4 Å². The van der Waals surface area contributed by atoms with Crippen molar-refractivity contribution in [3.05, 3.63) is 54.0 Å². The van der Waals surface area contributed by atoms with Gasteiger partial charge in [-0.2, -0.15) is 4.31 Å². The molecule has 26 heavy (non-hydrogen) atoms. The quantitative estimate of drug-likeness (QED) is 0.786. The lowest BCUT2D eigenvalue weighted by Crippen LogP contribution is -2.41. The minimum atomic E-state index is -3.63. The molecule has 9 heteroatoms. The molecule has 0 unspecified atom stereocenters. The largest absolute Gasteiger partial charge is 0.459 e. The minimum absolute atomic E-state index is 0.0479. The van der Waals surface area contributed by atoms with Crippen molar-refractivity contribution in [1.29, 1.82) is 0 Å². The van der Waals surface area contributed by atoms with E-state index in [9.17, 15) is 18.0 Å². The molecule has 1 aliphatic rings. The lowest BCUT2D eigenvalue weighted by atomic mass is 10.2. The highest BCUT2D eigenvalue weighted by Gasteiger charge is 2.26. The van der Waals surface area contributed by atoms with Crippen LogP contribution in [0.15, 0.2) is 52.0 Å². The molecule has 1 aromatic carbocycles. The number of hydrogen-bond donors (Lipinski definition) is 2. The molecule has 2 amide bonds. The zero-order chi connectivity index (χ0) is 18.6. The molecule has 138 valence electrons. The molecule has 2 heterocycles. The van der Waals surface area contributed by atoms with Gasteiger partial charge in [0.05, 0.1) is 11.2 Å². The van der Waals surface area contributed by atoms with Gasteiger partial charge in [-0.25, -0.2) is 8.42 Å². The van der Waals surface area contributed by atoms with E-state index in [0.717, 1.165) is 19.3 Å². The zero-order valence-electron chi connectivity index (χ0n) is 14.0. The van der Waals surface area contributed by atoms with E-state index < -0.39 is 21.8 Å². The number of carbonyl (C=O) groups is 2. The van der Waals surface area contributed by atoms with Crippen LogP contribution < -0.4 is 10.9 Å². The van der Waals surface area contributed by atoms with Crippen molar-refractivity contribution in [2.75, 3.05) is 13.1 Å². The monoisotopic (exact) mass is 377 g/mol. The maximum Gasteiger partial charge on any atom is 0.305 e. The molecule has 0 bridgehead atoms. The molecule has 1 aromatic heterocycles. The van der Waals surface area contributed by atoms with Gasteiger partial charge >= 0.3 is 5.91 Å². The van der Waals surface area contributed by atoms with Crippen molar-refractivity contribution in [1.82, 2.24) is 15.2 Å². The average Bonchev–Trinajstić information content (AvgIpc) is 3.21. The van der Waals surface area contributed by atoms with E-state index in [1.165, 1.54) is 40.9 Å². The van der Waals surface area contributed by atoms with E-state index in [1.54, 1.807) is 6.07 Å². The fraction of sp³-hybridized carbons (Fsp3) is 0.294. The van der Waals surface area contributed by atoms with Crippen molar-refractivity contribution in [3.63, 3.8) is 0 Å². The Hall–Kier alpha value is -2.65. The van der Waals surface area contributed by atoms with Gasteiger partial charge in [0.1, 0.15) is 0 Å². The number of piperidine rings is 1. The summed E-state index contributed by atoms with van der Waals surface area (Å²) in [7, 11) is -3.63. The molecule has 2 aromatic rings. The molecule has 2 N–H and O–H groups in total. The molecule has 0 atom stereocenters. The molecule has 1 saturated heterocycles. The highest BCUT2D eigenvalue weighted by Crippen LogP contribution is 2.21. The molecule has 0 spiro atoms. The van der Waals surface area contributed by atoms with Crippen LogP contribution in [0.2, 0.25) is 0 Å². The zero-order valence-corrected chi connectivity index (χ0v) is 14.8. The maximum atomic E-state index is 12.7. The van der Waals surface area contributed by atoms with Crippen molar-refractivity contribution >= 4 is 21.8 Å². The first kappa shape index (κ1) is 18.2. The Morgan fingerprint density at radius 2 is 1.69 bits per heavy atom. The second kappa shape index (κ2) is 7.71. The highest BCUT2D eigenvalue weighted by atomic mass is 32.2.